The number of aryl methyl sites for hydroxylation is 1. The van der Waals surface area contributed by atoms with E-state index in [4.69, 9.17) is 0 Å². The third-order valence-electron chi connectivity index (χ3n) is 3.78. The number of fused-ring (bicyclic) bond motifs is 1. The lowest BCUT2D eigenvalue weighted by Gasteiger charge is -2.24. The van der Waals surface area contributed by atoms with Gasteiger partial charge in [-0.3, -0.25) is 9.59 Å². The van der Waals surface area contributed by atoms with Gasteiger partial charge in [0.05, 0.1) is 17.2 Å². The average Bonchev–Trinajstić information content (AvgIpc) is 2.99. The number of rotatable bonds is 2. The van der Waals surface area contributed by atoms with Gasteiger partial charge < -0.3 is 9.80 Å². The summed E-state index contributed by atoms with van der Waals surface area (Å²) in [6.45, 7) is 3.74. The Morgan fingerprint density at radius 2 is 2.26 bits per heavy atom. The first kappa shape index (κ1) is 12.6. The van der Waals surface area contributed by atoms with Crippen molar-refractivity contribution in [2.45, 2.75) is 38.8 Å². The molecule has 6 heteroatoms. The SMILES string of the molecule is Cc1nc(CN2CCC(=O)N3CCCC3C2=O)cs1. The van der Waals surface area contributed by atoms with Gasteiger partial charge in [-0.15, -0.1) is 11.3 Å². The molecular weight excluding hydrogens is 262 g/mol. The molecule has 0 radical (unpaired) electrons. The minimum absolute atomic E-state index is 0.0917. The van der Waals surface area contributed by atoms with Crippen LogP contribution in [0.15, 0.2) is 5.38 Å². The Hall–Kier alpha value is -1.43. The van der Waals surface area contributed by atoms with Crippen molar-refractivity contribution < 1.29 is 9.59 Å². The zero-order valence-electron chi connectivity index (χ0n) is 11.0. The number of hydrogen-bond acceptors (Lipinski definition) is 4. The van der Waals surface area contributed by atoms with Gasteiger partial charge in [0, 0.05) is 24.9 Å². The summed E-state index contributed by atoms with van der Waals surface area (Å²) in [5, 5.41) is 3.00. The van der Waals surface area contributed by atoms with E-state index < -0.39 is 0 Å². The maximum absolute atomic E-state index is 12.5. The molecular formula is C13H17N3O2S. The van der Waals surface area contributed by atoms with Gasteiger partial charge in [-0.1, -0.05) is 0 Å². The van der Waals surface area contributed by atoms with Gasteiger partial charge in [-0.2, -0.15) is 0 Å². The summed E-state index contributed by atoms with van der Waals surface area (Å²) in [4.78, 5) is 32.4. The van der Waals surface area contributed by atoms with Crippen LogP contribution in [0.2, 0.25) is 0 Å². The minimum Gasteiger partial charge on any atom is -0.334 e. The van der Waals surface area contributed by atoms with E-state index in [1.165, 1.54) is 0 Å². The molecule has 102 valence electrons. The molecule has 0 N–H and O–H groups in total. The van der Waals surface area contributed by atoms with Crippen LogP contribution in [0.3, 0.4) is 0 Å². The largest absolute Gasteiger partial charge is 0.334 e. The molecule has 1 atom stereocenters. The molecule has 19 heavy (non-hydrogen) atoms. The molecule has 2 aliphatic rings. The molecule has 3 rings (SSSR count). The maximum atomic E-state index is 12.5. The van der Waals surface area contributed by atoms with E-state index in [2.05, 4.69) is 4.98 Å². The fourth-order valence-electron chi connectivity index (χ4n) is 2.85. The molecule has 2 saturated heterocycles. The summed E-state index contributed by atoms with van der Waals surface area (Å²) < 4.78 is 0. The van der Waals surface area contributed by atoms with Crippen molar-refractivity contribution in [1.29, 1.82) is 0 Å². The van der Waals surface area contributed by atoms with E-state index in [9.17, 15) is 9.59 Å². The van der Waals surface area contributed by atoms with Crippen LogP contribution < -0.4 is 0 Å². The highest BCUT2D eigenvalue weighted by atomic mass is 32.1. The maximum Gasteiger partial charge on any atom is 0.245 e. The lowest BCUT2D eigenvalue weighted by atomic mass is 10.2. The number of carbonyl (C=O) groups is 2. The Labute approximate surface area is 116 Å². The standard InChI is InChI=1S/C13H17N3O2S/c1-9-14-10(8-19-9)7-15-6-4-12(17)16-5-2-3-11(16)13(15)18/h8,11H,2-7H2,1H3. The van der Waals surface area contributed by atoms with Gasteiger partial charge in [0.2, 0.25) is 11.8 Å². The van der Waals surface area contributed by atoms with E-state index in [1.54, 1.807) is 21.1 Å². The van der Waals surface area contributed by atoms with Gasteiger partial charge >= 0.3 is 0 Å². The van der Waals surface area contributed by atoms with Gasteiger partial charge in [0.1, 0.15) is 6.04 Å². The fourth-order valence-corrected chi connectivity index (χ4v) is 3.45. The summed E-state index contributed by atoms with van der Waals surface area (Å²) in [5.41, 5.74) is 0.926. The van der Waals surface area contributed by atoms with Crippen LogP contribution in [-0.2, 0) is 16.1 Å². The second kappa shape index (κ2) is 4.92. The van der Waals surface area contributed by atoms with Crippen LogP contribution in [0.4, 0.5) is 0 Å². The second-order valence-electron chi connectivity index (χ2n) is 5.11. The van der Waals surface area contributed by atoms with Crippen LogP contribution >= 0.6 is 11.3 Å². The zero-order valence-corrected chi connectivity index (χ0v) is 11.8. The molecule has 0 bridgehead atoms. The number of hydrogen-bond donors (Lipinski definition) is 0. The summed E-state index contributed by atoms with van der Waals surface area (Å²) in [7, 11) is 0. The minimum atomic E-state index is -0.227. The predicted molar refractivity (Wildman–Crippen MR) is 71.6 cm³/mol. The van der Waals surface area contributed by atoms with Gasteiger partial charge in [-0.05, 0) is 19.8 Å². The molecule has 0 spiro atoms. The number of carbonyl (C=O) groups excluding carboxylic acids is 2. The smallest absolute Gasteiger partial charge is 0.245 e. The highest BCUT2D eigenvalue weighted by molar-refractivity contribution is 7.09. The molecule has 1 aromatic rings. The second-order valence-corrected chi connectivity index (χ2v) is 6.18. The Kier molecular flexibility index (Phi) is 3.26. The zero-order chi connectivity index (χ0) is 13.4. The van der Waals surface area contributed by atoms with Crippen molar-refractivity contribution in [2.75, 3.05) is 13.1 Å². The van der Waals surface area contributed by atoms with Crippen LogP contribution in [0.5, 0.6) is 0 Å². The topological polar surface area (TPSA) is 53.5 Å². The predicted octanol–water partition coefficient (Wildman–Crippen LogP) is 1.17. The van der Waals surface area contributed by atoms with Crippen LogP contribution in [0.25, 0.3) is 0 Å². The van der Waals surface area contributed by atoms with Crippen molar-refractivity contribution in [3.63, 3.8) is 0 Å². The normalized spacial score (nSPS) is 23.7. The monoisotopic (exact) mass is 279 g/mol. The summed E-state index contributed by atoms with van der Waals surface area (Å²) in [6, 6.07) is -0.227. The Morgan fingerprint density at radius 1 is 1.42 bits per heavy atom. The van der Waals surface area contributed by atoms with E-state index in [-0.39, 0.29) is 17.9 Å². The molecule has 0 aromatic carbocycles. The number of thiazole rings is 1. The molecule has 2 fully saturated rings. The lowest BCUT2D eigenvalue weighted by molar-refractivity contribution is -0.139. The first-order valence-electron chi connectivity index (χ1n) is 6.64. The first-order valence-corrected chi connectivity index (χ1v) is 7.52. The first-order chi connectivity index (χ1) is 9.15. The molecule has 2 aliphatic heterocycles. The number of aromatic nitrogens is 1. The molecule has 0 saturated carbocycles. The van der Waals surface area contributed by atoms with Crippen molar-refractivity contribution >= 4 is 23.2 Å². The molecule has 1 aromatic heterocycles. The van der Waals surface area contributed by atoms with Gasteiger partial charge in [-0.25, -0.2) is 4.98 Å². The lowest BCUT2D eigenvalue weighted by Crippen LogP contribution is -2.43. The summed E-state index contributed by atoms with van der Waals surface area (Å²) >= 11 is 1.59. The quantitative estimate of drug-likeness (QED) is 0.816. The summed E-state index contributed by atoms with van der Waals surface area (Å²) in [6.07, 6.45) is 2.17. The van der Waals surface area contributed by atoms with E-state index in [0.717, 1.165) is 30.1 Å². The van der Waals surface area contributed by atoms with Crippen molar-refractivity contribution in [2.24, 2.45) is 0 Å². The third-order valence-corrected chi connectivity index (χ3v) is 4.61. The van der Waals surface area contributed by atoms with E-state index >= 15 is 0 Å². The number of amides is 2. The Balaban J connectivity index is 1.78. The van der Waals surface area contributed by atoms with Gasteiger partial charge in [0.15, 0.2) is 0 Å². The van der Waals surface area contributed by atoms with Crippen LogP contribution in [0.1, 0.15) is 30.0 Å². The third kappa shape index (κ3) is 2.36. The highest BCUT2D eigenvalue weighted by Crippen LogP contribution is 2.24. The fraction of sp³-hybridized carbons (Fsp3) is 0.615. The summed E-state index contributed by atoms with van der Waals surface area (Å²) in [5.74, 6) is 0.210. The van der Waals surface area contributed by atoms with Crippen molar-refractivity contribution in [3.8, 4) is 0 Å². The van der Waals surface area contributed by atoms with E-state index in [1.807, 2.05) is 12.3 Å². The highest BCUT2D eigenvalue weighted by Gasteiger charge is 2.39. The van der Waals surface area contributed by atoms with Gasteiger partial charge in [0.25, 0.3) is 0 Å². The van der Waals surface area contributed by atoms with E-state index in [0.29, 0.717) is 19.5 Å². The molecule has 2 amide bonds. The molecule has 3 heterocycles. The molecule has 0 aliphatic carbocycles. The average molecular weight is 279 g/mol. The van der Waals surface area contributed by atoms with Crippen LogP contribution in [0, 0.1) is 6.92 Å². The Morgan fingerprint density at radius 3 is 3.00 bits per heavy atom. The number of nitrogens with zero attached hydrogens (tertiary/aromatic N) is 3. The van der Waals surface area contributed by atoms with Crippen LogP contribution in [-0.4, -0.2) is 45.7 Å². The van der Waals surface area contributed by atoms with Crippen molar-refractivity contribution in [3.05, 3.63) is 16.1 Å². The Bertz CT molecular complexity index is 514. The molecule has 5 nitrogen and oxygen atoms in total. The molecule has 1 unspecified atom stereocenters. The van der Waals surface area contributed by atoms with Crippen molar-refractivity contribution in [1.82, 2.24) is 14.8 Å².